The number of likely N-dealkylation sites (tertiary alicyclic amines) is 1. The summed E-state index contributed by atoms with van der Waals surface area (Å²) in [6.07, 6.45) is 3.24. The first-order valence-corrected chi connectivity index (χ1v) is 13.5. The lowest BCUT2D eigenvalue weighted by molar-refractivity contribution is -0.145. The number of methoxy groups -OCH3 is 1. The van der Waals surface area contributed by atoms with Crippen LogP contribution >= 0.6 is 15.9 Å². The van der Waals surface area contributed by atoms with E-state index in [2.05, 4.69) is 26.9 Å². The summed E-state index contributed by atoms with van der Waals surface area (Å²) in [4.78, 5) is 15.7. The Morgan fingerprint density at radius 1 is 0.944 bits per heavy atom. The fourth-order valence-corrected chi connectivity index (χ4v) is 5.92. The zero-order chi connectivity index (χ0) is 24.9. The molecule has 2 saturated heterocycles. The van der Waals surface area contributed by atoms with Crippen molar-refractivity contribution in [3.05, 3.63) is 94.0 Å². The number of hydrogen-bond acceptors (Lipinski definition) is 5. The van der Waals surface area contributed by atoms with Gasteiger partial charge in [0.15, 0.2) is 11.5 Å². The van der Waals surface area contributed by atoms with Gasteiger partial charge in [0.25, 0.3) is 0 Å². The molecule has 0 N–H and O–H groups in total. The van der Waals surface area contributed by atoms with Crippen molar-refractivity contribution in [2.24, 2.45) is 5.92 Å². The molecule has 2 heterocycles. The minimum atomic E-state index is -0.400. The third kappa shape index (κ3) is 5.45. The van der Waals surface area contributed by atoms with Gasteiger partial charge in [0, 0.05) is 16.9 Å². The van der Waals surface area contributed by atoms with Crippen molar-refractivity contribution >= 4 is 21.9 Å². The third-order valence-electron chi connectivity index (χ3n) is 7.23. The van der Waals surface area contributed by atoms with Crippen molar-refractivity contribution in [2.75, 3.05) is 26.7 Å². The number of carbonyl (C=O) groups excluding carboxylic acids is 1. The van der Waals surface area contributed by atoms with Gasteiger partial charge in [-0.05, 0) is 60.8 Å². The Balaban J connectivity index is 1.43. The first kappa shape index (κ1) is 24.8. The van der Waals surface area contributed by atoms with Crippen LogP contribution in [0, 0.1) is 5.92 Å². The monoisotopic (exact) mass is 549 g/mol. The van der Waals surface area contributed by atoms with Crippen LogP contribution in [-0.4, -0.2) is 37.6 Å². The number of nitrogens with zero attached hydrogens (tertiary/aromatic N) is 1. The van der Waals surface area contributed by atoms with Gasteiger partial charge in [-0.25, -0.2) is 0 Å². The van der Waals surface area contributed by atoms with Gasteiger partial charge >= 0.3 is 5.97 Å². The van der Waals surface area contributed by atoms with Gasteiger partial charge in [0.1, 0.15) is 12.7 Å². The molecule has 2 aliphatic rings. The molecule has 2 fully saturated rings. The van der Waals surface area contributed by atoms with Gasteiger partial charge in [-0.3, -0.25) is 4.79 Å². The molecule has 3 atom stereocenters. The highest BCUT2D eigenvalue weighted by Crippen LogP contribution is 2.49. The zero-order valence-corrected chi connectivity index (χ0v) is 22.2. The van der Waals surface area contributed by atoms with Crippen molar-refractivity contribution < 1.29 is 19.0 Å². The van der Waals surface area contributed by atoms with Crippen LogP contribution in [-0.2, 0) is 16.1 Å². The second-order valence-corrected chi connectivity index (χ2v) is 10.4. The van der Waals surface area contributed by atoms with Gasteiger partial charge in [0.2, 0.25) is 0 Å². The second-order valence-electron chi connectivity index (χ2n) is 9.56. The van der Waals surface area contributed by atoms with Crippen LogP contribution in [0.2, 0.25) is 0 Å². The van der Waals surface area contributed by atoms with E-state index in [4.69, 9.17) is 14.2 Å². The Morgan fingerprint density at radius 3 is 2.44 bits per heavy atom. The van der Waals surface area contributed by atoms with E-state index in [1.807, 2.05) is 66.7 Å². The Kier molecular flexibility index (Phi) is 7.93. The molecule has 5 rings (SSSR count). The predicted octanol–water partition coefficient (Wildman–Crippen LogP) is 6.52. The lowest BCUT2D eigenvalue weighted by atomic mass is 9.81. The molecule has 0 saturated carbocycles. The number of halogens is 1. The van der Waals surface area contributed by atoms with Crippen LogP contribution in [0.5, 0.6) is 11.5 Å². The minimum absolute atomic E-state index is 0.101. The maximum atomic E-state index is 13.3. The summed E-state index contributed by atoms with van der Waals surface area (Å²) in [7, 11) is 1.64. The topological polar surface area (TPSA) is 48.0 Å². The van der Waals surface area contributed by atoms with Crippen LogP contribution in [0.25, 0.3) is 0 Å². The number of hydrogen-bond donors (Lipinski definition) is 0. The van der Waals surface area contributed by atoms with E-state index >= 15 is 0 Å². The first-order chi connectivity index (χ1) is 17.6. The van der Waals surface area contributed by atoms with Gasteiger partial charge in [-0.15, -0.1) is 0 Å². The van der Waals surface area contributed by atoms with E-state index in [0.717, 1.165) is 40.8 Å². The van der Waals surface area contributed by atoms with E-state index in [1.54, 1.807) is 7.11 Å². The molecule has 36 heavy (non-hydrogen) atoms. The van der Waals surface area contributed by atoms with E-state index in [1.165, 1.54) is 19.3 Å². The fourth-order valence-electron chi connectivity index (χ4n) is 5.37. The SMILES string of the molecule is COc1cc([C@@H]2OC(=O)[C@H](CN3CCCCC3)[C@@H]2c2ccccc2Br)ccc1OCc1ccccc1. The van der Waals surface area contributed by atoms with Gasteiger partial charge < -0.3 is 19.1 Å². The van der Waals surface area contributed by atoms with E-state index in [0.29, 0.717) is 18.1 Å². The van der Waals surface area contributed by atoms with Crippen LogP contribution in [0.15, 0.2) is 77.3 Å². The Bertz CT molecular complexity index is 1180. The molecule has 5 nitrogen and oxygen atoms in total. The summed E-state index contributed by atoms with van der Waals surface area (Å²) in [6, 6.07) is 24.1. The van der Waals surface area contributed by atoms with E-state index in [9.17, 15) is 4.79 Å². The number of esters is 1. The molecule has 3 aromatic carbocycles. The Hall–Kier alpha value is -2.83. The number of benzene rings is 3. The molecule has 0 bridgehead atoms. The normalized spacial score (nSPS) is 22.3. The minimum Gasteiger partial charge on any atom is -0.493 e. The lowest BCUT2D eigenvalue weighted by Crippen LogP contribution is -2.37. The smallest absolute Gasteiger partial charge is 0.311 e. The second kappa shape index (κ2) is 11.5. The summed E-state index contributed by atoms with van der Waals surface area (Å²) >= 11 is 3.74. The van der Waals surface area contributed by atoms with Crippen LogP contribution in [0.3, 0.4) is 0 Å². The Labute approximate surface area is 221 Å². The summed E-state index contributed by atoms with van der Waals surface area (Å²) in [5, 5.41) is 0. The molecular formula is C30H32BrNO4. The van der Waals surface area contributed by atoms with E-state index in [-0.39, 0.29) is 17.8 Å². The van der Waals surface area contributed by atoms with Gasteiger partial charge in [0.05, 0.1) is 13.0 Å². The van der Waals surface area contributed by atoms with Crippen LogP contribution in [0.1, 0.15) is 48.0 Å². The maximum absolute atomic E-state index is 13.3. The third-order valence-corrected chi connectivity index (χ3v) is 7.95. The molecule has 3 aromatic rings. The molecule has 0 aliphatic carbocycles. The number of piperidine rings is 1. The molecule has 0 amide bonds. The number of ether oxygens (including phenoxy) is 3. The highest BCUT2D eigenvalue weighted by Gasteiger charge is 2.47. The quantitative estimate of drug-likeness (QED) is 0.299. The average molecular weight is 550 g/mol. The zero-order valence-electron chi connectivity index (χ0n) is 20.6. The number of rotatable bonds is 8. The largest absolute Gasteiger partial charge is 0.493 e. The number of cyclic esters (lactones) is 1. The van der Waals surface area contributed by atoms with Gasteiger partial charge in [-0.2, -0.15) is 0 Å². The predicted molar refractivity (Wildman–Crippen MR) is 143 cm³/mol. The number of carbonyl (C=O) groups is 1. The molecule has 0 unspecified atom stereocenters. The summed E-state index contributed by atoms with van der Waals surface area (Å²) in [5.74, 6) is 0.832. The van der Waals surface area contributed by atoms with Crippen molar-refractivity contribution in [1.82, 2.24) is 4.90 Å². The maximum Gasteiger partial charge on any atom is 0.311 e. The summed E-state index contributed by atoms with van der Waals surface area (Å²) < 4.78 is 18.9. The molecule has 6 heteroatoms. The molecular weight excluding hydrogens is 518 g/mol. The molecule has 188 valence electrons. The summed E-state index contributed by atoms with van der Waals surface area (Å²) in [5.41, 5.74) is 3.09. The molecule has 0 aromatic heterocycles. The molecule has 2 aliphatic heterocycles. The van der Waals surface area contributed by atoms with Crippen molar-refractivity contribution in [1.29, 1.82) is 0 Å². The lowest BCUT2D eigenvalue weighted by Gasteiger charge is -2.30. The first-order valence-electron chi connectivity index (χ1n) is 12.7. The van der Waals surface area contributed by atoms with Crippen molar-refractivity contribution in [3.63, 3.8) is 0 Å². The highest BCUT2D eigenvalue weighted by atomic mass is 79.9. The summed E-state index contributed by atoms with van der Waals surface area (Å²) in [6.45, 7) is 3.25. The van der Waals surface area contributed by atoms with Crippen molar-refractivity contribution in [3.8, 4) is 11.5 Å². The van der Waals surface area contributed by atoms with E-state index < -0.39 is 6.10 Å². The van der Waals surface area contributed by atoms with Crippen molar-refractivity contribution in [2.45, 2.75) is 37.9 Å². The molecule has 0 radical (unpaired) electrons. The highest BCUT2D eigenvalue weighted by molar-refractivity contribution is 9.10. The van der Waals surface area contributed by atoms with Gasteiger partial charge in [-0.1, -0.05) is 76.9 Å². The van der Waals surface area contributed by atoms with Crippen LogP contribution in [0.4, 0.5) is 0 Å². The Morgan fingerprint density at radius 2 is 1.69 bits per heavy atom. The fraction of sp³-hybridized carbons (Fsp3) is 0.367. The molecule has 0 spiro atoms. The van der Waals surface area contributed by atoms with Crippen LogP contribution < -0.4 is 9.47 Å². The standard InChI is InChI=1S/C30H32BrNO4/c1-34-27-18-22(14-15-26(27)35-20-21-10-4-2-5-11-21)29-28(23-12-6-7-13-25(23)31)24(30(33)36-29)19-32-16-8-3-9-17-32/h2,4-7,10-15,18,24,28-29H,3,8-9,16-17,19-20H2,1H3/t24-,28+,29+/m1/s1. The average Bonchev–Trinajstić information content (AvgIpc) is 3.24.